The first-order chi connectivity index (χ1) is 6.45. The van der Waals surface area contributed by atoms with Gasteiger partial charge in [0.25, 0.3) is 0 Å². The Bertz CT molecular complexity index is 171. The molecule has 0 heterocycles. The number of carbonyl (C=O) groups is 2. The van der Waals surface area contributed by atoms with E-state index in [-0.39, 0.29) is 19.4 Å². The van der Waals surface area contributed by atoms with Crippen LogP contribution in [0.2, 0.25) is 0 Å². The minimum absolute atomic E-state index is 0.0231. The van der Waals surface area contributed by atoms with E-state index >= 15 is 0 Å². The van der Waals surface area contributed by atoms with Crippen molar-refractivity contribution in [2.75, 3.05) is 13.2 Å². The van der Waals surface area contributed by atoms with Crippen molar-refractivity contribution in [3.05, 3.63) is 0 Å². The van der Waals surface area contributed by atoms with Crippen LogP contribution in [-0.4, -0.2) is 46.5 Å². The summed E-state index contributed by atoms with van der Waals surface area (Å²) < 4.78 is 0. The van der Waals surface area contributed by atoms with Crippen molar-refractivity contribution in [2.24, 2.45) is 11.5 Å². The minimum Gasteiger partial charge on any atom is -0.481 e. The standard InChI is InChI=1S/C5H9NO4.C2H7NO/c6-3(5(9)10)1-2-4(7)8;3-1-2-4/h3H,1-2,6H2,(H,7,8)(H,9,10);4H,1-3H2. The average molecular weight is 208 g/mol. The van der Waals surface area contributed by atoms with Crippen LogP contribution in [-0.2, 0) is 9.59 Å². The molecular formula is C7H16N2O5. The summed E-state index contributed by atoms with van der Waals surface area (Å²) in [7, 11) is 0. The van der Waals surface area contributed by atoms with Crippen LogP contribution in [0.15, 0.2) is 0 Å². The molecule has 0 bridgehead atoms. The van der Waals surface area contributed by atoms with E-state index in [4.69, 9.17) is 26.8 Å². The van der Waals surface area contributed by atoms with Gasteiger partial charge in [-0.3, -0.25) is 9.59 Å². The summed E-state index contributed by atoms with van der Waals surface area (Å²) in [6, 6.07) is -1.06. The molecule has 0 aromatic heterocycles. The zero-order valence-corrected chi connectivity index (χ0v) is 7.72. The molecule has 0 saturated heterocycles. The lowest BCUT2D eigenvalue weighted by atomic mass is 10.2. The van der Waals surface area contributed by atoms with Gasteiger partial charge in [-0.15, -0.1) is 0 Å². The molecule has 0 aliphatic heterocycles. The predicted molar refractivity (Wildman–Crippen MR) is 48.6 cm³/mol. The Morgan fingerprint density at radius 3 is 1.93 bits per heavy atom. The molecule has 1 unspecified atom stereocenters. The highest BCUT2D eigenvalue weighted by Crippen LogP contribution is 1.93. The quantitative estimate of drug-likeness (QED) is 0.358. The minimum atomic E-state index is -1.17. The molecule has 1 atom stereocenters. The van der Waals surface area contributed by atoms with Gasteiger partial charge >= 0.3 is 11.9 Å². The second-order valence-electron chi connectivity index (χ2n) is 2.39. The van der Waals surface area contributed by atoms with Gasteiger partial charge in [-0.25, -0.2) is 0 Å². The van der Waals surface area contributed by atoms with Crippen LogP contribution in [0, 0.1) is 0 Å². The van der Waals surface area contributed by atoms with Gasteiger partial charge in [0.1, 0.15) is 6.04 Å². The molecule has 0 radical (unpaired) electrons. The molecule has 0 aliphatic rings. The van der Waals surface area contributed by atoms with Gasteiger partial charge in [-0.2, -0.15) is 0 Å². The third-order valence-corrected chi connectivity index (χ3v) is 1.12. The van der Waals surface area contributed by atoms with E-state index in [1.807, 2.05) is 0 Å². The molecule has 0 spiro atoms. The molecule has 0 amide bonds. The molecule has 0 saturated carbocycles. The number of aliphatic hydroxyl groups is 1. The first-order valence-electron chi connectivity index (χ1n) is 3.96. The van der Waals surface area contributed by atoms with Crippen LogP contribution in [0.1, 0.15) is 12.8 Å². The molecule has 7 N–H and O–H groups in total. The van der Waals surface area contributed by atoms with Crippen LogP contribution in [0.5, 0.6) is 0 Å². The molecule has 7 nitrogen and oxygen atoms in total. The fourth-order valence-electron chi connectivity index (χ4n) is 0.402. The maximum absolute atomic E-state index is 9.99. The number of carboxylic acids is 2. The highest BCUT2D eigenvalue weighted by molar-refractivity contribution is 5.74. The van der Waals surface area contributed by atoms with Crippen LogP contribution in [0.4, 0.5) is 0 Å². The molecule has 14 heavy (non-hydrogen) atoms. The topological polar surface area (TPSA) is 147 Å². The molecular weight excluding hydrogens is 192 g/mol. The number of aliphatic carboxylic acids is 2. The number of carboxylic acid groups (broad SMARTS) is 2. The van der Waals surface area contributed by atoms with Crippen molar-refractivity contribution in [2.45, 2.75) is 18.9 Å². The van der Waals surface area contributed by atoms with E-state index in [9.17, 15) is 9.59 Å². The summed E-state index contributed by atoms with van der Waals surface area (Å²) in [5, 5.41) is 24.0. The summed E-state index contributed by atoms with van der Waals surface area (Å²) in [6.45, 7) is 0.472. The van der Waals surface area contributed by atoms with Gasteiger partial charge < -0.3 is 26.8 Å². The van der Waals surface area contributed by atoms with Crippen molar-refractivity contribution in [1.29, 1.82) is 0 Å². The Kier molecular flexibility index (Phi) is 10.8. The van der Waals surface area contributed by atoms with Crippen LogP contribution in [0.3, 0.4) is 0 Å². The van der Waals surface area contributed by atoms with E-state index < -0.39 is 18.0 Å². The van der Waals surface area contributed by atoms with Gasteiger partial charge in [0.05, 0.1) is 6.61 Å². The molecule has 0 rings (SSSR count). The Balaban J connectivity index is 0. The summed E-state index contributed by atoms with van der Waals surface area (Å²) >= 11 is 0. The van der Waals surface area contributed by atoms with E-state index in [0.29, 0.717) is 6.54 Å². The normalized spacial score (nSPS) is 11.1. The second kappa shape index (κ2) is 9.90. The molecule has 84 valence electrons. The number of aliphatic hydroxyl groups excluding tert-OH is 1. The lowest BCUT2D eigenvalue weighted by Gasteiger charge is -2.01. The van der Waals surface area contributed by atoms with E-state index in [1.54, 1.807) is 0 Å². The third-order valence-electron chi connectivity index (χ3n) is 1.12. The highest BCUT2D eigenvalue weighted by atomic mass is 16.4. The van der Waals surface area contributed by atoms with Gasteiger partial charge in [-0.05, 0) is 6.42 Å². The number of hydrogen-bond acceptors (Lipinski definition) is 5. The number of nitrogens with two attached hydrogens (primary N) is 2. The summed E-state index contributed by atoms with van der Waals surface area (Å²) in [4.78, 5) is 19.9. The first-order valence-corrected chi connectivity index (χ1v) is 3.96. The second-order valence-corrected chi connectivity index (χ2v) is 2.39. The first kappa shape index (κ1) is 15.3. The molecule has 0 aromatic rings. The Hall–Kier alpha value is -1.18. The Labute approximate surface area is 81.3 Å². The van der Waals surface area contributed by atoms with Crippen molar-refractivity contribution in [3.8, 4) is 0 Å². The summed E-state index contributed by atoms with van der Waals surface area (Å²) in [6.07, 6.45) is -0.224. The van der Waals surface area contributed by atoms with Crippen molar-refractivity contribution in [1.82, 2.24) is 0 Å². The SMILES string of the molecule is NC(CCC(=O)O)C(=O)O.NCCO. The predicted octanol–water partition coefficient (Wildman–Crippen LogP) is -1.80. The fraction of sp³-hybridized carbons (Fsp3) is 0.714. The van der Waals surface area contributed by atoms with Crippen LogP contribution in [0.25, 0.3) is 0 Å². The number of hydrogen-bond donors (Lipinski definition) is 5. The maximum atomic E-state index is 9.99. The average Bonchev–Trinajstić information content (AvgIpc) is 2.14. The summed E-state index contributed by atoms with van der Waals surface area (Å²) in [5.41, 5.74) is 9.78. The van der Waals surface area contributed by atoms with Gasteiger partial charge in [0.2, 0.25) is 0 Å². The van der Waals surface area contributed by atoms with Crippen molar-refractivity contribution >= 4 is 11.9 Å². The van der Waals surface area contributed by atoms with E-state index in [0.717, 1.165) is 0 Å². The smallest absolute Gasteiger partial charge is 0.320 e. The zero-order chi connectivity index (χ0) is 11.6. The monoisotopic (exact) mass is 208 g/mol. The van der Waals surface area contributed by atoms with Crippen molar-refractivity contribution < 1.29 is 24.9 Å². The fourth-order valence-corrected chi connectivity index (χ4v) is 0.402. The zero-order valence-electron chi connectivity index (χ0n) is 7.72. The third kappa shape index (κ3) is 13.4. The van der Waals surface area contributed by atoms with Crippen molar-refractivity contribution in [3.63, 3.8) is 0 Å². The summed E-state index contributed by atoms with van der Waals surface area (Å²) in [5.74, 6) is -2.20. The van der Waals surface area contributed by atoms with E-state index in [2.05, 4.69) is 0 Å². The molecule has 0 fully saturated rings. The Morgan fingerprint density at radius 1 is 1.29 bits per heavy atom. The van der Waals surface area contributed by atoms with Gasteiger partial charge in [0, 0.05) is 13.0 Å². The largest absolute Gasteiger partial charge is 0.481 e. The lowest BCUT2D eigenvalue weighted by molar-refractivity contribution is -0.139. The highest BCUT2D eigenvalue weighted by Gasteiger charge is 2.12. The van der Waals surface area contributed by atoms with Crippen LogP contribution < -0.4 is 11.5 Å². The maximum Gasteiger partial charge on any atom is 0.320 e. The van der Waals surface area contributed by atoms with Crippen LogP contribution >= 0.6 is 0 Å². The molecule has 0 aromatic carbocycles. The molecule has 7 heteroatoms. The number of rotatable bonds is 5. The van der Waals surface area contributed by atoms with Gasteiger partial charge in [0.15, 0.2) is 0 Å². The van der Waals surface area contributed by atoms with Gasteiger partial charge in [-0.1, -0.05) is 0 Å². The molecule has 0 aliphatic carbocycles. The lowest BCUT2D eigenvalue weighted by Crippen LogP contribution is -2.30. The van der Waals surface area contributed by atoms with E-state index in [1.165, 1.54) is 0 Å². The Morgan fingerprint density at radius 2 is 1.71 bits per heavy atom.